The number of anilines is 3. The second-order valence-corrected chi connectivity index (χ2v) is 19.6. The van der Waals surface area contributed by atoms with Gasteiger partial charge in [0.2, 0.25) is 5.95 Å². The fourth-order valence-corrected chi connectivity index (χ4v) is 10.5. The number of thiazole rings is 1. The van der Waals surface area contributed by atoms with E-state index >= 15 is 4.39 Å². The van der Waals surface area contributed by atoms with Gasteiger partial charge in [-0.2, -0.15) is 0 Å². The second kappa shape index (κ2) is 17.3. The van der Waals surface area contributed by atoms with E-state index in [4.69, 9.17) is 19.4 Å². The normalized spacial score (nSPS) is 15.8. The zero-order valence-electron chi connectivity index (χ0n) is 32.2. The molecular formula is C40H43F3N6O6S3. The number of rotatable bonds is 13. The Morgan fingerprint density at radius 3 is 2.34 bits per heavy atom. The molecule has 2 aromatic heterocycles. The Hall–Kier alpha value is -4.62. The average molecular weight is 857 g/mol. The van der Waals surface area contributed by atoms with Crippen molar-refractivity contribution < 1.29 is 39.5 Å². The summed E-state index contributed by atoms with van der Waals surface area (Å²) in [5.74, 6) is -3.40. The van der Waals surface area contributed by atoms with Crippen LogP contribution in [0.15, 0.2) is 65.7 Å². The third kappa shape index (κ3) is 9.31. The summed E-state index contributed by atoms with van der Waals surface area (Å²) in [6, 6.07) is 12.6. The van der Waals surface area contributed by atoms with E-state index in [1.807, 2.05) is 19.1 Å². The fourth-order valence-electron chi connectivity index (χ4n) is 7.20. The minimum absolute atomic E-state index is 0.0171. The smallest absolute Gasteiger partial charge is 0.227 e. The predicted octanol–water partition coefficient (Wildman–Crippen LogP) is 6.78. The molecule has 2 aliphatic rings. The highest BCUT2D eigenvalue weighted by Gasteiger charge is 2.29. The van der Waals surface area contributed by atoms with Crippen LogP contribution in [0.5, 0.6) is 5.75 Å². The largest absolute Gasteiger partial charge is 0.494 e. The van der Waals surface area contributed by atoms with E-state index < -0.39 is 47.8 Å². The average Bonchev–Trinajstić information content (AvgIpc) is 3.64. The summed E-state index contributed by atoms with van der Waals surface area (Å²) >= 11 is 1.36. The first-order valence-corrected chi connectivity index (χ1v) is 23.2. The molecule has 4 heterocycles. The summed E-state index contributed by atoms with van der Waals surface area (Å²) in [5.41, 5.74) is 3.02. The van der Waals surface area contributed by atoms with Crippen LogP contribution >= 0.6 is 11.3 Å². The lowest BCUT2D eigenvalue weighted by atomic mass is 10.0. The SMILES string of the molecule is COc1cc(N2CCN(CCS(C)(=O)=O)CC2)c(C)cc1Nc1nccc(-c2sc(C3CCOCC3)nc2-c2cccc(CS(=O)(=O)c3c(F)cccc3F)c2F)n1. The van der Waals surface area contributed by atoms with Gasteiger partial charge in [0.05, 0.1) is 45.6 Å². The molecule has 2 aliphatic heterocycles. The third-order valence-electron chi connectivity index (χ3n) is 10.3. The second-order valence-electron chi connectivity index (χ2n) is 14.4. The maximum atomic E-state index is 16.5. The molecule has 0 spiro atoms. The summed E-state index contributed by atoms with van der Waals surface area (Å²) in [6.07, 6.45) is 4.25. The van der Waals surface area contributed by atoms with Crippen LogP contribution in [-0.2, 0) is 30.2 Å². The lowest BCUT2D eigenvalue weighted by Crippen LogP contribution is -2.47. The lowest BCUT2D eigenvalue weighted by molar-refractivity contribution is 0.0853. The molecule has 2 fully saturated rings. The number of sulfone groups is 2. The molecule has 0 bridgehead atoms. The summed E-state index contributed by atoms with van der Waals surface area (Å²) in [4.78, 5) is 18.0. The molecule has 1 N–H and O–H groups in total. The molecule has 5 aromatic rings. The molecule has 0 amide bonds. The van der Waals surface area contributed by atoms with Crippen LogP contribution in [0.4, 0.5) is 30.5 Å². The molecule has 12 nitrogen and oxygen atoms in total. The van der Waals surface area contributed by atoms with Crippen LogP contribution in [-0.4, -0.2) is 102 Å². The van der Waals surface area contributed by atoms with Gasteiger partial charge in [-0.3, -0.25) is 4.90 Å². The maximum absolute atomic E-state index is 16.5. The van der Waals surface area contributed by atoms with Crippen molar-refractivity contribution in [3.05, 3.63) is 94.4 Å². The van der Waals surface area contributed by atoms with Gasteiger partial charge in [0.25, 0.3) is 0 Å². The molecule has 18 heteroatoms. The van der Waals surface area contributed by atoms with Crippen molar-refractivity contribution in [1.82, 2.24) is 19.9 Å². The van der Waals surface area contributed by atoms with Crippen molar-refractivity contribution in [3.63, 3.8) is 0 Å². The van der Waals surface area contributed by atoms with Crippen molar-refractivity contribution in [2.45, 2.75) is 36.3 Å². The minimum atomic E-state index is -4.62. The van der Waals surface area contributed by atoms with Gasteiger partial charge >= 0.3 is 0 Å². The number of aryl methyl sites for hydroxylation is 1. The number of methoxy groups -OCH3 is 1. The Labute approximate surface area is 339 Å². The molecule has 58 heavy (non-hydrogen) atoms. The standard InChI is InChI=1S/C40H43F3N6O6S3/c1-25-22-32(34(54-2)23-33(25)49-16-14-48(15-17-49)18-21-57(3,50)51)46-40-44-13-10-31(45-40)37-36(47-39(56-37)26-11-19-55-20-12-26)28-7-4-6-27(35(28)43)24-58(52,53)38-29(41)8-5-9-30(38)42/h4-10,13,22-23,26H,11-12,14-21,24H2,1-3H3,(H,44,45,46). The van der Waals surface area contributed by atoms with Crippen LogP contribution < -0.4 is 15.0 Å². The Kier molecular flexibility index (Phi) is 12.4. The van der Waals surface area contributed by atoms with Gasteiger partial charge in [0.15, 0.2) is 9.84 Å². The van der Waals surface area contributed by atoms with Crippen LogP contribution in [0.25, 0.3) is 21.8 Å². The van der Waals surface area contributed by atoms with Crippen molar-refractivity contribution in [1.29, 1.82) is 0 Å². The summed E-state index contributed by atoms with van der Waals surface area (Å²) in [6.45, 7) is 6.50. The monoisotopic (exact) mass is 856 g/mol. The zero-order valence-corrected chi connectivity index (χ0v) is 34.6. The van der Waals surface area contributed by atoms with E-state index in [9.17, 15) is 25.6 Å². The first-order valence-electron chi connectivity index (χ1n) is 18.7. The molecule has 0 aliphatic carbocycles. The number of hydrogen-bond donors (Lipinski definition) is 1. The number of benzene rings is 3. The van der Waals surface area contributed by atoms with Gasteiger partial charge in [-0.05, 0) is 55.7 Å². The van der Waals surface area contributed by atoms with Gasteiger partial charge in [0.1, 0.15) is 37.9 Å². The fraction of sp³-hybridized carbons (Fsp3) is 0.375. The van der Waals surface area contributed by atoms with Gasteiger partial charge in [-0.15, -0.1) is 11.3 Å². The highest BCUT2D eigenvalue weighted by atomic mass is 32.2. The number of ether oxygens (including phenoxy) is 2. The van der Waals surface area contributed by atoms with E-state index in [1.54, 1.807) is 19.4 Å². The van der Waals surface area contributed by atoms with Crippen molar-refractivity contribution in [2.75, 3.05) is 75.3 Å². The van der Waals surface area contributed by atoms with Crippen molar-refractivity contribution >= 4 is 48.3 Å². The van der Waals surface area contributed by atoms with Gasteiger partial charge in [-0.25, -0.2) is 45.0 Å². The van der Waals surface area contributed by atoms with E-state index in [0.29, 0.717) is 54.6 Å². The first kappa shape index (κ1) is 41.5. The van der Waals surface area contributed by atoms with Crippen molar-refractivity contribution in [2.24, 2.45) is 0 Å². The van der Waals surface area contributed by atoms with E-state index in [0.717, 1.165) is 60.6 Å². The van der Waals surface area contributed by atoms with Crippen LogP contribution in [0.3, 0.4) is 0 Å². The lowest BCUT2D eigenvalue weighted by Gasteiger charge is -2.37. The predicted molar refractivity (Wildman–Crippen MR) is 218 cm³/mol. The summed E-state index contributed by atoms with van der Waals surface area (Å²) < 4.78 is 107. The molecule has 0 radical (unpaired) electrons. The highest BCUT2D eigenvalue weighted by Crippen LogP contribution is 2.43. The Balaban J connectivity index is 1.18. The van der Waals surface area contributed by atoms with Gasteiger partial charge in [-0.1, -0.05) is 18.2 Å². The van der Waals surface area contributed by atoms with Crippen LogP contribution in [0.2, 0.25) is 0 Å². The first-order chi connectivity index (χ1) is 27.7. The maximum Gasteiger partial charge on any atom is 0.227 e. The number of nitrogens with one attached hydrogen (secondary N) is 1. The molecule has 308 valence electrons. The number of hydrogen-bond acceptors (Lipinski definition) is 13. The Morgan fingerprint density at radius 1 is 0.948 bits per heavy atom. The Bertz CT molecular complexity index is 2510. The topological polar surface area (TPSA) is 144 Å². The number of piperazine rings is 1. The molecular weight excluding hydrogens is 814 g/mol. The van der Waals surface area contributed by atoms with Crippen molar-refractivity contribution in [3.8, 4) is 27.6 Å². The van der Waals surface area contributed by atoms with E-state index in [-0.39, 0.29) is 34.4 Å². The number of halogens is 3. The highest BCUT2D eigenvalue weighted by molar-refractivity contribution is 7.91. The van der Waals surface area contributed by atoms with E-state index in [1.165, 1.54) is 35.8 Å². The van der Waals surface area contributed by atoms with Gasteiger partial charge in [0, 0.05) is 87.2 Å². The number of aromatic nitrogens is 3. The van der Waals surface area contributed by atoms with Crippen LogP contribution in [0.1, 0.15) is 34.9 Å². The molecule has 2 saturated heterocycles. The number of nitrogens with zero attached hydrogens (tertiary/aromatic N) is 5. The Morgan fingerprint density at radius 2 is 1.66 bits per heavy atom. The minimum Gasteiger partial charge on any atom is -0.494 e. The summed E-state index contributed by atoms with van der Waals surface area (Å²) in [5, 5.41) is 4.02. The van der Waals surface area contributed by atoms with E-state index in [2.05, 4.69) is 20.1 Å². The van der Waals surface area contributed by atoms with Crippen LogP contribution in [0, 0.1) is 24.4 Å². The van der Waals surface area contributed by atoms with Gasteiger partial charge < -0.3 is 19.7 Å². The molecule has 3 aromatic carbocycles. The molecule has 0 saturated carbocycles. The third-order valence-corrected chi connectivity index (χ3v) is 14.1. The molecule has 0 unspecified atom stereocenters. The molecule has 7 rings (SSSR count). The molecule has 0 atom stereocenters. The quantitative estimate of drug-likeness (QED) is 0.133. The zero-order chi connectivity index (χ0) is 41.2. The summed E-state index contributed by atoms with van der Waals surface area (Å²) in [7, 11) is -6.09.